The molecular weight excluding hydrogens is 222 g/mol. The highest BCUT2D eigenvalue weighted by atomic mass is 16.5. The summed E-state index contributed by atoms with van der Waals surface area (Å²) in [7, 11) is 1.71. The summed E-state index contributed by atoms with van der Waals surface area (Å²) in [6.45, 7) is 0.527. The van der Waals surface area contributed by atoms with Gasteiger partial charge in [0.15, 0.2) is 0 Å². The van der Waals surface area contributed by atoms with Gasteiger partial charge in [0.1, 0.15) is 18.5 Å². The molecule has 0 radical (unpaired) electrons. The van der Waals surface area contributed by atoms with E-state index in [2.05, 4.69) is 5.32 Å². The maximum atomic E-state index is 9.82. The van der Waals surface area contributed by atoms with Gasteiger partial charge in [-0.05, 0) is 24.7 Å². The lowest BCUT2D eigenvalue weighted by Gasteiger charge is -2.18. The molecule has 2 atom stereocenters. The molecule has 0 aliphatic heterocycles. The Bertz CT molecular complexity index is 315. The van der Waals surface area contributed by atoms with Crippen molar-refractivity contribution in [3.8, 4) is 5.75 Å². The molecule has 5 nitrogen and oxygen atoms in total. The average Bonchev–Trinajstić information content (AvgIpc) is 2.36. The van der Waals surface area contributed by atoms with Crippen molar-refractivity contribution in [1.82, 2.24) is 5.32 Å². The smallest absolute Gasteiger partial charge is 0.119 e. The molecule has 0 heterocycles. The molecule has 5 heteroatoms. The van der Waals surface area contributed by atoms with Gasteiger partial charge in [0.25, 0.3) is 0 Å². The molecule has 1 aromatic carbocycles. The molecule has 96 valence electrons. The van der Waals surface area contributed by atoms with Crippen LogP contribution in [0.15, 0.2) is 24.3 Å². The summed E-state index contributed by atoms with van der Waals surface area (Å²) in [5.74, 6) is 0.623. The van der Waals surface area contributed by atoms with Crippen molar-refractivity contribution in [3.63, 3.8) is 0 Å². The highest BCUT2D eigenvalue weighted by Gasteiger charge is 2.17. The first-order chi connectivity index (χ1) is 8.19. The van der Waals surface area contributed by atoms with Gasteiger partial charge in [-0.2, -0.15) is 0 Å². The summed E-state index contributed by atoms with van der Waals surface area (Å²) in [5, 5.41) is 30.8. The first kappa shape index (κ1) is 13.9. The van der Waals surface area contributed by atoms with E-state index in [1.165, 1.54) is 0 Å². The van der Waals surface area contributed by atoms with Crippen molar-refractivity contribution in [2.75, 3.05) is 26.8 Å². The monoisotopic (exact) mass is 241 g/mol. The molecule has 1 aromatic rings. The van der Waals surface area contributed by atoms with Gasteiger partial charge in [0, 0.05) is 6.54 Å². The van der Waals surface area contributed by atoms with Crippen LogP contribution in [0.4, 0.5) is 0 Å². The summed E-state index contributed by atoms with van der Waals surface area (Å²) in [5.41, 5.74) is 0.629. The van der Waals surface area contributed by atoms with Crippen molar-refractivity contribution in [2.45, 2.75) is 12.2 Å². The maximum Gasteiger partial charge on any atom is 0.119 e. The standard InChI is InChI=1S/C12H19NO4/c1-13-8-11(15)12(16)9-2-4-10(5-3-9)17-7-6-14/h2-5,11-16H,6-8H2,1H3. The van der Waals surface area contributed by atoms with Crippen LogP contribution in [0.1, 0.15) is 11.7 Å². The van der Waals surface area contributed by atoms with Crippen LogP contribution in [0.2, 0.25) is 0 Å². The summed E-state index contributed by atoms with van der Waals surface area (Å²) in [6, 6.07) is 6.77. The Balaban J connectivity index is 2.60. The third kappa shape index (κ3) is 4.32. The van der Waals surface area contributed by atoms with Crippen LogP contribution in [-0.2, 0) is 0 Å². The molecule has 0 saturated carbocycles. The highest BCUT2D eigenvalue weighted by Crippen LogP contribution is 2.20. The summed E-state index contributed by atoms with van der Waals surface area (Å²) < 4.78 is 5.19. The van der Waals surface area contributed by atoms with E-state index in [0.29, 0.717) is 17.9 Å². The molecule has 0 aliphatic carbocycles. The number of aliphatic hydroxyl groups excluding tert-OH is 3. The number of nitrogens with one attached hydrogen (secondary N) is 1. The highest BCUT2D eigenvalue weighted by molar-refractivity contribution is 5.29. The number of rotatable bonds is 7. The molecule has 1 rings (SSSR count). The quantitative estimate of drug-likeness (QED) is 0.525. The van der Waals surface area contributed by atoms with E-state index in [1.54, 1.807) is 31.3 Å². The summed E-state index contributed by atoms with van der Waals surface area (Å²) >= 11 is 0. The maximum absolute atomic E-state index is 9.82. The second-order valence-electron chi connectivity index (χ2n) is 3.71. The molecule has 0 aromatic heterocycles. The molecule has 0 aliphatic rings. The third-order valence-electron chi connectivity index (χ3n) is 2.36. The van der Waals surface area contributed by atoms with E-state index >= 15 is 0 Å². The SMILES string of the molecule is CNCC(O)C(O)c1ccc(OCCO)cc1. The van der Waals surface area contributed by atoms with Gasteiger partial charge in [-0.1, -0.05) is 12.1 Å². The van der Waals surface area contributed by atoms with Gasteiger partial charge in [-0.3, -0.25) is 0 Å². The van der Waals surface area contributed by atoms with Crippen LogP contribution in [0.3, 0.4) is 0 Å². The number of ether oxygens (including phenoxy) is 1. The van der Waals surface area contributed by atoms with E-state index in [0.717, 1.165) is 0 Å². The van der Waals surface area contributed by atoms with Crippen LogP contribution in [0.25, 0.3) is 0 Å². The van der Waals surface area contributed by atoms with E-state index in [4.69, 9.17) is 9.84 Å². The Morgan fingerprint density at radius 3 is 2.41 bits per heavy atom. The molecule has 2 unspecified atom stereocenters. The average molecular weight is 241 g/mol. The zero-order valence-electron chi connectivity index (χ0n) is 9.84. The Hall–Kier alpha value is -1.14. The molecule has 0 bridgehead atoms. The molecule has 0 saturated heterocycles. The van der Waals surface area contributed by atoms with E-state index in [9.17, 15) is 10.2 Å². The van der Waals surface area contributed by atoms with Crippen LogP contribution >= 0.6 is 0 Å². The number of hydrogen-bond acceptors (Lipinski definition) is 5. The fourth-order valence-electron chi connectivity index (χ4n) is 1.47. The minimum Gasteiger partial charge on any atom is -0.491 e. The predicted molar refractivity (Wildman–Crippen MR) is 63.9 cm³/mol. The molecular formula is C12H19NO4. The Morgan fingerprint density at radius 1 is 1.24 bits per heavy atom. The van der Waals surface area contributed by atoms with Gasteiger partial charge in [-0.25, -0.2) is 0 Å². The van der Waals surface area contributed by atoms with Crippen molar-refractivity contribution in [2.24, 2.45) is 0 Å². The Morgan fingerprint density at radius 2 is 1.88 bits per heavy atom. The minimum atomic E-state index is -0.922. The number of benzene rings is 1. The normalized spacial score (nSPS) is 14.4. The van der Waals surface area contributed by atoms with Crippen LogP contribution in [0.5, 0.6) is 5.75 Å². The first-order valence-corrected chi connectivity index (χ1v) is 5.53. The van der Waals surface area contributed by atoms with Gasteiger partial charge in [-0.15, -0.1) is 0 Å². The minimum absolute atomic E-state index is 0.0364. The van der Waals surface area contributed by atoms with E-state index in [1.807, 2.05) is 0 Å². The lowest BCUT2D eigenvalue weighted by molar-refractivity contribution is 0.0202. The van der Waals surface area contributed by atoms with E-state index < -0.39 is 12.2 Å². The lowest BCUT2D eigenvalue weighted by atomic mass is 10.0. The fraction of sp³-hybridized carbons (Fsp3) is 0.500. The number of aliphatic hydroxyl groups is 3. The predicted octanol–water partition coefficient (Wildman–Crippen LogP) is -0.329. The summed E-state index contributed by atoms with van der Waals surface area (Å²) in [4.78, 5) is 0. The van der Waals surface area contributed by atoms with Crippen molar-refractivity contribution < 1.29 is 20.1 Å². The zero-order chi connectivity index (χ0) is 12.7. The van der Waals surface area contributed by atoms with Crippen LogP contribution in [-0.4, -0.2) is 48.2 Å². The molecule has 0 spiro atoms. The van der Waals surface area contributed by atoms with Gasteiger partial charge < -0.3 is 25.4 Å². The van der Waals surface area contributed by atoms with Crippen molar-refractivity contribution in [3.05, 3.63) is 29.8 Å². The Labute approximate surface area is 101 Å². The topological polar surface area (TPSA) is 82.0 Å². The first-order valence-electron chi connectivity index (χ1n) is 5.53. The van der Waals surface area contributed by atoms with Crippen LogP contribution < -0.4 is 10.1 Å². The van der Waals surface area contributed by atoms with Crippen molar-refractivity contribution in [1.29, 1.82) is 0 Å². The number of hydrogen-bond donors (Lipinski definition) is 4. The van der Waals surface area contributed by atoms with Gasteiger partial charge >= 0.3 is 0 Å². The second-order valence-corrected chi connectivity index (χ2v) is 3.71. The zero-order valence-corrected chi connectivity index (χ0v) is 9.84. The Kier molecular flexibility index (Phi) is 5.93. The van der Waals surface area contributed by atoms with Gasteiger partial charge in [0.2, 0.25) is 0 Å². The molecule has 4 N–H and O–H groups in total. The molecule has 17 heavy (non-hydrogen) atoms. The van der Waals surface area contributed by atoms with Crippen molar-refractivity contribution >= 4 is 0 Å². The fourth-order valence-corrected chi connectivity index (χ4v) is 1.47. The number of likely N-dealkylation sites (N-methyl/N-ethyl adjacent to an activating group) is 1. The largest absolute Gasteiger partial charge is 0.491 e. The second kappa shape index (κ2) is 7.24. The third-order valence-corrected chi connectivity index (χ3v) is 2.36. The van der Waals surface area contributed by atoms with Gasteiger partial charge in [0.05, 0.1) is 12.7 Å². The lowest BCUT2D eigenvalue weighted by Crippen LogP contribution is -2.29. The van der Waals surface area contributed by atoms with Crippen LogP contribution in [0, 0.1) is 0 Å². The van der Waals surface area contributed by atoms with E-state index in [-0.39, 0.29) is 13.2 Å². The molecule has 0 fully saturated rings. The summed E-state index contributed by atoms with van der Waals surface area (Å²) in [6.07, 6.45) is -1.77. The molecule has 0 amide bonds.